The molecule has 4 aromatic rings. The van der Waals surface area contributed by atoms with Gasteiger partial charge in [-0.1, -0.05) is 31.2 Å². The van der Waals surface area contributed by atoms with Crippen molar-refractivity contribution in [2.45, 2.75) is 38.5 Å². The molecule has 0 spiro atoms. The number of hydrogen-bond donors (Lipinski definition) is 3. The highest BCUT2D eigenvalue weighted by Gasteiger charge is 2.23. The molecular formula is C30H31F2N3O2. The Hall–Kier alpha value is -3.81. The fourth-order valence-corrected chi connectivity index (χ4v) is 4.28. The normalized spacial score (nSPS) is 12.8. The largest absolute Gasteiger partial charge is 0.390 e. The summed E-state index contributed by atoms with van der Waals surface area (Å²) in [6, 6.07) is 21.5. The molecule has 192 valence electrons. The summed E-state index contributed by atoms with van der Waals surface area (Å²) in [5, 5.41) is 17.1. The lowest BCUT2D eigenvalue weighted by Gasteiger charge is -2.25. The molecule has 1 aromatic heterocycles. The molecular weight excluding hydrogens is 472 g/mol. The SMILES string of the molecule is CCc1cccc(CNC[C@@H](O)[C@H](Cc2cc(F)cc(F)c2)NC(=O)c2ccc(-n3cccc3)cc2)c1. The van der Waals surface area contributed by atoms with Crippen molar-refractivity contribution < 1.29 is 18.7 Å². The van der Waals surface area contributed by atoms with Crippen LogP contribution in [0.3, 0.4) is 0 Å². The van der Waals surface area contributed by atoms with Gasteiger partial charge in [0.2, 0.25) is 0 Å². The number of carbonyl (C=O) groups excluding carboxylic acids is 1. The van der Waals surface area contributed by atoms with Crippen molar-refractivity contribution in [1.29, 1.82) is 0 Å². The van der Waals surface area contributed by atoms with Crippen LogP contribution in [-0.2, 0) is 19.4 Å². The fourth-order valence-electron chi connectivity index (χ4n) is 4.28. The number of rotatable bonds is 11. The van der Waals surface area contributed by atoms with Crippen molar-refractivity contribution in [3.05, 3.63) is 125 Å². The van der Waals surface area contributed by atoms with Crippen molar-refractivity contribution in [2.75, 3.05) is 6.54 Å². The number of hydrogen-bond acceptors (Lipinski definition) is 3. The van der Waals surface area contributed by atoms with Gasteiger partial charge in [-0.05, 0) is 78.1 Å². The first kappa shape index (κ1) is 26.3. The second-order valence-electron chi connectivity index (χ2n) is 9.07. The highest BCUT2D eigenvalue weighted by molar-refractivity contribution is 5.94. The van der Waals surface area contributed by atoms with Crippen LogP contribution < -0.4 is 10.6 Å². The van der Waals surface area contributed by atoms with E-state index in [4.69, 9.17) is 0 Å². The first-order valence-corrected chi connectivity index (χ1v) is 12.4. The quantitative estimate of drug-likeness (QED) is 0.275. The van der Waals surface area contributed by atoms with Crippen LogP contribution >= 0.6 is 0 Å². The number of nitrogens with zero attached hydrogens (tertiary/aromatic N) is 1. The van der Waals surface area contributed by atoms with E-state index in [2.05, 4.69) is 29.7 Å². The number of carbonyl (C=O) groups is 1. The molecule has 37 heavy (non-hydrogen) atoms. The van der Waals surface area contributed by atoms with Crippen LogP contribution in [0.2, 0.25) is 0 Å². The Morgan fingerprint density at radius 3 is 2.24 bits per heavy atom. The molecule has 0 aliphatic heterocycles. The van der Waals surface area contributed by atoms with Gasteiger partial charge in [0.1, 0.15) is 11.6 Å². The monoisotopic (exact) mass is 503 g/mol. The molecule has 0 saturated heterocycles. The first-order valence-electron chi connectivity index (χ1n) is 12.4. The molecule has 3 N–H and O–H groups in total. The van der Waals surface area contributed by atoms with E-state index in [-0.39, 0.29) is 18.9 Å². The van der Waals surface area contributed by atoms with Gasteiger partial charge < -0.3 is 20.3 Å². The minimum Gasteiger partial charge on any atom is -0.390 e. The maximum Gasteiger partial charge on any atom is 0.251 e. The first-order chi connectivity index (χ1) is 17.9. The van der Waals surface area contributed by atoms with Crippen LogP contribution in [-0.4, -0.2) is 34.3 Å². The standard InChI is InChI=1S/C30H31F2N3O2/c1-2-21-6-5-7-22(14-21)19-33-20-29(36)28(17-23-15-25(31)18-26(32)16-23)34-30(37)24-8-10-27(11-9-24)35-12-3-4-13-35/h3-16,18,28-29,33,36H,2,17,19-20H2,1H3,(H,34,37)/t28-,29+/m0/s1. The lowest BCUT2D eigenvalue weighted by molar-refractivity contribution is 0.0830. The van der Waals surface area contributed by atoms with E-state index in [1.807, 2.05) is 53.4 Å². The van der Waals surface area contributed by atoms with Crippen molar-refractivity contribution in [2.24, 2.45) is 0 Å². The van der Waals surface area contributed by atoms with Gasteiger partial charge in [0.15, 0.2) is 0 Å². The van der Waals surface area contributed by atoms with Crippen molar-refractivity contribution >= 4 is 5.91 Å². The highest BCUT2D eigenvalue weighted by atomic mass is 19.1. The Morgan fingerprint density at radius 2 is 1.57 bits per heavy atom. The molecule has 0 aliphatic carbocycles. The van der Waals surface area contributed by atoms with E-state index in [1.165, 1.54) is 17.7 Å². The lowest BCUT2D eigenvalue weighted by Crippen LogP contribution is -2.48. The van der Waals surface area contributed by atoms with Gasteiger partial charge in [0.25, 0.3) is 5.91 Å². The number of halogens is 2. The Morgan fingerprint density at radius 1 is 0.892 bits per heavy atom. The van der Waals surface area contributed by atoms with Gasteiger partial charge in [-0.25, -0.2) is 8.78 Å². The summed E-state index contributed by atoms with van der Waals surface area (Å²) >= 11 is 0. The smallest absolute Gasteiger partial charge is 0.251 e. The molecule has 4 rings (SSSR count). The van der Waals surface area contributed by atoms with E-state index in [9.17, 15) is 18.7 Å². The Labute approximate surface area is 215 Å². The molecule has 5 nitrogen and oxygen atoms in total. The molecule has 1 amide bonds. The number of amides is 1. The summed E-state index contributed by atoms with van der Waals surface area (Å²) in [6.07, 6.45) is 3.82. The van der Waals surface area contributed by atoms with Crippen molar-refractivity contribution in [3.8, 4) is 5.69 Å². The van der Waals surface area contributed by atoms with E-state index in [0.29, 0.717) is 17.7 Å². The highest BCUT2D eigenvalue weighted by Crippen LogP contribution is 2.14. The predicted molar refractivity (Wildman–Crippen MR) is 141 cm³/mol. The third-order valence-electron chi connectivity index (χ3n) is 6.27. The minimum atomic E-state index is -0.996. The van der Waals surface area contributed by atoms with Crippen LogP contribution in [0.4, 0.5) is 8.78 Å². The maximum atomic E-state index is 13.8. The Balaban J connectivity index is 1.45. The van der Waals surface area contributed by atoms with Crippen LogP contribution in [0.25, 0.3) is 5.69 Å². The van der Waals surface area contributed by atoms with Crippen molar-refractivity contribution in [3.63, 3.8) is 0 Å². The van der Waals surface area contributed by atoms with E-state index in [0.717, 1.165) is 23.7 Å². The number of benzene rings is 3. The summed E-state index contributed by atoms with van der Waals surface area (Å²) in [6.45, 7) is 2.82. The molecule has 7 heteroatoms. The number of aryl methyl sites for hydroxylation is 1. The van der Waals surface area contributed by atoms with E-state index in [1.54, 1.807) is 12.1 Å². The zero-order valence-electron chi connectivity index (χ0n) is 20.7. The summed E-state index contributed by atoms with van der Waals surface area (Å²) < 4.78 is 29.5. The third kappa shape index (κ3) is 7.35. The van der Waals surface area contributed by atoms with Gasteiger partial charge in [0, 0.05) is 42.8 Å². The summed E-state index contributed by atoms with van der Waals surface area (Å²) in [4.78, 5) is 13.0. The lowest BCUT2D eigenvalue weighted by atomic mass is 10.00. The van der Waals surface area contributed by atoms with Crippen LogP contribution in [0.5, 0.6) is 0 Å². The average Bonchev–Trinajstić information content (AvgIpc) is 3.43. The van der Waals surface area contributed by atoms with Gasteiger partial charge >= 0.3 is 0 Å². The summed E-state index contributed by atoms with van der Waals surface area (Å²) in [5.74, 6) is -1.79. The average molecular weight is 504 g/mol. The number of nitrogens with one attached hydrogen (secondary N) is 2. The molecule has 0 aliphatic rings. The summed E-state index contributed by atoms with van der Waals surface area (Å²) in [5.41, 5.74) is 3.98. The molecule has 1 heterocycles. The molecule has 0 radical (unpaired) electrons. The van der Waals surface area contributed by atoms with Crippen LogP contribution in [0.1, 0.15) is 34.0 Å². The molecule has 3 aromatic carbocycles. The topological polar surface area (TPSA) is 66.3 Å². The Kier molecular flexibility index (Phi) is 8.82. The molecule has 0 saturated carbocycles. The fraction of sp³-hybridized carbons (Fsp3) is 0.233. The van der Waals surface area contributed by atoms with Crippen LogP contribution in [0.15, 0.2) is 91.3 Å². The zero-order chi connectivity index (χ0) is 26.2. The zero-order valence-corrected chi connectivity index (χ0v) is 20.7. The third-order valence-corrected chi connectivity index (χ3v) is 6.27. The molecule has 0 fully saturated rings. The molecule has 2 atom stereocenters. The Bertz CT molecular complexity index is 1290. The molecule has 0 bridgehead atoms. The van der Waals surface area contributed by atoms with Crippen LogP contribution in [0, 0.1) is 11.6 Å². The number of aliphatic hydroxyl groups excluding tert-OH is 1. The maximum absolute atomic E-state index is 13.8. The predicted octanol–water partition coefficient (Wildman–Crippen LogP) is 4.81. The van der Waals surface area contributed by atoms with Gasteiger partial charge in [-0.15, -0.1) is 0 Å². The van der Waals surface area contributed by atoms with E-state index >= 15 is 0 Å². The van der Waals surface area contributed by atoms with Gasteiger partial charge in [-0.3, -0.25) is 4.79 Å². The second kappa shape index (κ2) is 12.4. The van der Waals surface area contributed by atoms with E-state index < -0.39 is 23.8 Å². The van der Waals surface area contributed by atoms with Gasteiger partial charge in [-0.2, -0.15) is 0 Å². The number of aliphatic hydroxyl groups is 1. The second-order valence-corrected chi connectivity index (χ2v) is 9.07. The summed E-state index contributed by atoms with van der Waals surface area (Å²) in [7, 11) is 0. The van der Waals surface area contributed by atoms with Gasteiger partial charge in [0.05, 0.1) is 12.1 Å². The van der Waals surface area contributed by atoms with Crippen molar-refractivity contribution in [1.82, 2.24) is 15.2 Å². The molecule has 0 unspecified atom stereocenters. The minimum absolute atomic E-state index is 0.0655. The number of aromatic nitrogens is 1.